The number of rotatable bonds is 1. The number of nitrogens with one attached hydrogen (secondary N) is 1. The third-order valence-corrected chi connectivity index (χ3v) is 2.10. The Hall–Kier alpha value is -0.570. The molecule has 3 rings (SSSR count). The van der Waals surface area contributed by atoms with Crippen LogP contribution in [0.1, 0.15) is 6.42 Å². The van der Waals surface area contributed by atoms with Crippen LogP contribution in [0.25, 0.3) is 0 Å². The Morgan fingerprint density at radius 3 is 2.33 bits per heavy atom. The van der Waals surface area contributed by atoms with Gasteiger partial charge in [-0.1, -0.05) is 0 Å². The fraction of sp³-hybridized carbons (Fsp3) is 0.833. The maximum absolute atomic E-state index is 10.2. The van der Waals surface area contributed by atoms with Crippen LogP contribution in [-0.4, -0.2) is 36.5 Å². The summed E-state index contributed by atoms with van der Waals surface area (Å²) in [7, 11) is 0. The lowest BCUT2D eigenvalue weighted by Crippen LogP contribution is -2.66. The average Bonchev–Trinajstić information content (AvgIpc) is 1.87. The van der Waals surface area contributed by atoms with Crippen molar-refractivity contribution in [2.75, 3.05) is 13.1 Å². The first-order chi connectivity index (χ1) is 4.38. The Morgan fingerprint density at radius 1 is 1.44 bits per heavy atom. The van der Waals surface area contributed by atoms with Gasteiger partial charge >= 0.3 is 0 Å². The zero-order chi connectivity index (χ0) is 6.27. The van der Waals surface area contributed by atoms with E-state index in [-0.39, 0.29) is 0 Å². The van der Waals surface area contributed by atoms with E-state index in [0.29, 0.717) is 12.1 Å². The molecule has 2 unspecified atom stereocenters. The molecule has 3 saturated heterocycles. The largest absolute Gasteiger partial charge is 0.342 e. The minimum Gasteiger partial charge on any atom is -0.342 e. The quantitative estimate of drug-likeness (QED) is 0.466. The van der Waals surface area contributed by atoms with Crippen LogP contribution in [0.3, 0.4) is 0 Å². The summed E-state index contributed by atoms with van der Waals surface area (Å²) in [6.45, 7) is 1.83. The maximum Gasteiger partial charge on any atom is 0.209 e. The van der Waals surface area contributed by atoms with Crippen LogP contribution in [0.5, 0.6) is 0 Å². The molecule has 9 heavy (non-hydrogen) atoms. The fourth-order valence-corrected chi connectivity index (χ4v) is 1.63. The monoisotopic (exact) mass is 126 g/mol. The molecule has 0 aliphatic carbocycles. The van der Waals surface area contributed by atoms with Gasteiger partial charge in [-0.2, -0.15) is 0 Å². The van der Waals surface area contributed by atoms with Gasteiger partial charge in [0, 0.05) is 25.2 Å². The first-order valence-corrected chi connectivity index (χ1v) is 3.34. The summed E-state index contributed by atoms with van der Waals surface area (Å²) < 4.78 is 0. The minimum atomic E-state index is 0.606. The summed E-state index contributed by atoms with van der Waals surface area (Å²) in [5.41, 5.74) is 0. The summed E-state index contributed by atoms with van der Waals surface area (Å²) in [5.74, 6) is 0. The van der Waals surface area contributed by atoms with Crippen molar-refractivity contribution in [1.82, 2.24) is 10.2 Å². The Kier molecular flexibility index (Phi) is 0.990. The van der Waals surface area contributed by atoms with E-state index in [1.54, 1.807) is 0 Å². The standard InChI is InChI=1S/C6H10N2O/c9-4-8-2-5-1-6(3-8)7-5/h4-7H,1-3H2. The summed E-state index contributed by atoms with van der Waals surface area (Å²) in [5, 5.41) is 3.34. The molecule has 0 aromatic rings. The number of hydrogen-bond donors (Lipinski definition) is 1. The van der Waals surface area contributed by atoms with E-state index in [9.17, 15) is 4.79 Å². The van der Waals surface area contributed by atoms with Gasteiger partial charge in [0.05, 0.1) is 0 Å². The van der Waals surface area contributed by atoms with Gasteiger partial charge in [-0.05, 0) is 6.42 Å². The molecule has 3 heterocycles. The molecule has 0 spiro atoms. The van der Waals surface area contributed by atoms with Crippen molar-refractivity contribution < 1.29 is 4.79 Å². The van der Waals surface area contributed by atoms with Crippen LogP contribution in [0.2, 0.25) is 0 Å². The van der Waals surface area contributed by atoms with Crippen LogP contribution >= 0.6 is 0 Å². The molecular weight excluding hydrogens is 116 g/mol. The Labute approximate surface area is 54.0 Å². The minimum absolute atomic E-state index is 0.606. The van der Waals surface area contributed by atoms with Crippen LogP contribution in [0.4, 0.5) is 0 Å². The molecule has 3 heteroatoms. The Morgan fingerprint density at radius 2 is 2.00 bits per heavy atom. The van der Waals surface area contributed by atoms with E-state index in [1.807, 2.05) is 4.90 Å². The molecule has 3 aliphatic rings. The predicted octanol–water partition coefficient (Wildman–Crippen LogP) is -0.811. The lowest BCUT2D eigenvalue weighted by atomic mass is 9.92. The molecule has 3 nitrogen and oxygen atoms in total. The van der Waals surface area contributed by atoms with E-state index in [4.69, 9.17) is 0 Å². The number of fused-ring (bicyclic) bond motifs is 2. The van der Waals surface area contributed by atoms with Crippen molar-refractivity contribution in [3.05, 3.63) is 0 Å². The first kappa shape index (κ1) is 5.23. The van der Waals surface area contributed by atoms with Gasteiger partial charge in [0.15, 0.2) is 0 Å². The summed E-state index contributed by atoms with van der Waals surface area (Å²) in [6, 6.07) is 1.21. The molecule has 0 aromatic heterocycles. The molecular formula is C6H10N2O. The molecule has 2 bridgehead atoms. The van der Waals surface area contributed by atoms with Crippen molar-refractivity contribution >= 4 is 6.41 Å². The highest BCUT2D eigenvalue weighted by atomic mass is 16.1. The number of nitrogens with zero attached hydrogens (tertiary/aromatic N) is 1. The van der Waals surface area contributed by atoms with Crippen LogP contribution in [-0.2, 0) is 4.79 Å². The van der Waals surface area contributed by atoms with E-state index in [1.165, 1.54) is 6.42 Å². The van der Waals surface area contributed by atoms with Gasteiger partial charge in [0.2, 0.25) is 6.41 Å². The molecule has 1 amide bonds. The fourth-order valence-electron chi connectivity index (χ4n) is 1.63. The number of piperidine rings is 1. The molecule has 1 N–H and O–H groups in total. The SMILES string of the molecule is O=CN1CC2CC(C1)N2. The van der Waals surface area contributed by atoms with Crippen molar-refractivity contribution in [3.8, 4) is 0 Å². The second-order valence-electron chi connectivity index (χ2n) is 2.86. The molecule has 0 saturated carbocycles. The molecule has 2 atom stereocenters. The Balaban J connectivity index is 1.96. The molecule has 0 radical (unpaired) electrons. The second kappa shape index (κ2) is 1.70. The van der Waals surface area contributed by atoms with Crippen molar-refractivity contribution in [3.63, 3.8) is 0 Å². The van der Waals surface area contributed by atoms with Gasteiger partial charge in [0.1, 0.15) is 0 Å². The smallest absolute Gasteiger partial charge is 0.209 e. The van der Waals surface area contributed by atoms with Crippen molar-refractivity contribution in [2.24, 2.45) is 0 Å². The van der Waals surface area contributed by atoms with Gasteiger partial charge in [-0.15, -0.1) is 0 Å². The zero-order valence-electron chi connectivity index (χ0n) is 5.21. The van der Waals surface area contributed by atoms with E-state index in [2.05, 4.69) is 5.32 Å². The first-order valence-electron chi connectivity index (χ1n) is 3.34. The number of carbonyl (C=O) groups is 1. The molecule has 3 fully saturated rings. The Bertz CT molecular complexity index is 121. The van der Waals surface area contributed by atoms with Crippen LogP contribution in [0, 0.1) is 0 Å². The van der Waals surface area contributed by atoms with Crippen LogP contribution < -0.4 is 5.32 Å². The predicted molar refractivity (Wildman–Crippen MR) is 33.0 cm³/mol. The van der Waals surface area contributed by atoms with Gasteiger partial charge in [-0.3, -0.25) is 4.79 Å². The molecule has 0 aromatic carbocycles. The normalized spacial score (nSPS) is 39.8. The molecule has 3 aliphatic heterocycles. The van der Waals surface area contributed by atoms with Crippen molar-refractivity contribution in [1.29, 1.82) is 0 Å². The number of carbonyl (C=O) groups excluding carboxylic acids is 1. The third kappa shape index (κ3) is 0.721. The zero-order valence-corrected chi connectivity index (χ0v) is 5.21. The van der Waals surface area contributed by atoms with Crippen LogP contribution in [0.15, 0.2) is 0 Å². The second-order valence-corrected chi connectivity index (χ2v) is 2.86. The summed E-state index contributed by atoms with van der Waals surface area (Å²) in [4.78, 5) is 12.1. The van der Waals surface area contributed by atoms with E-state index in [0.717, 1.165) is 19.5 Å². The highest BCUT2D eigenvalue weighted by molar-refractivity contribution is 5.48. The number of piperazine rings is 1. The third-order valence-electron chi connectivity index (χ3n) is 2.10. The van der Waals surface area contributed by atoms with E-state index >= 15 is 0 Å². The summed E-state index contributed by atoms with van der Waals surface area (Å²) in [6.07, 6.45) is 2.21. The van der Waals surface area contributed by atoms with Gasteiger partial charge in [0.25, 0.3) is 0 Å². The van der Waals surface area contributed by atoms with Gasteiger partial charge in [-0.25, -0.2) is 0 Å². The molecule has 50 valence electrons. The highest BCUT2D eigenvalue weighted by Gasteiger charge is 2.35. The maximum atomic E-state index is 10.2. The number of hydrogen-bond acceptors (Lipinski definition) is 2. The lowest BCUT2D eigenvalue weighted by Gasteiger charge is -2.46. The summed E-state index contributed by atoms with van der Waals surface area (Å²) >= 11 is 0. The van der Waals surface area contributed by atoms with Crippen molar-refractivity contribution in [2.45, 2.75) is 18.5 Å². The average molecular weight is 126 g/mol. The topological polar surface area (TPSA) is 32.3 Å². The number of amides is 1. The lowest BCUT2D eigenvalue weighted by molar-refractivity contribution is -0.121. The van der Waals surface area contributed by atoms with Gasteiger partial charge < -0.3 is 10.2 Å². The van der Waals surface area contributed by atoms with E-state index < -0.39 is 0 Å². The highest BCUT2D eigenvalue weighted by Crippen LogP contribution is 2.18.